The first kappa shape index (κ1) is 41.6. The number of nitrogens with one attached hydrogen (secondary N) is 2. The first-order valence-electron chi connectivity index (χ1n) is 16.8. The van der Waals surface area contributed by atoms with Crippen LogP contribution in [0.5, 0.6) is 5.75 Å². The highest BCUT2D eigenvalue weighted by molar-refractivity contribution is 8.00. The Labute approximate surface area is 284 Å². The van der Waals surface area contributed by atoms with Crippen LogP contribution in [0, 0.1) is 23.7 Å². The molecule has 0 saturated heterocycles. The number of nitrogen functional groups attached to an aromatic ring is 1. The molecule has 3 rings (SSSR count). The summed E-state index contributed by atoms with van der Waals surface area (Å²) in [6.45, 7) is 13.5. The Kier molecular flexibility index (Phi) is 19.6. The largest absolute Gasteiger partial charge is 0.495 e. The monoisotopic (exact) mass is 676 g/mol. The minimum absolute atomic E-state index is 0.0465. The van der Waals surface area contributed by atoms with Crippen molar-refractivity contribution in [2.75, 3.05) is 31.8 Å². The van der Waals surface area contributed by atoms with E-state index in [-0.39, 0.29) is 34.8 Å². The predicted molar refractivity (Wildman–Crippen MR) is 193 cm³/mol. The fourth-order valence-electron chi connectivity index (χ4n) is 5.08. The van der Waals surface area contributed by atoms with E-state index in [2.05, 4.69) is 50.2 Å². The van der Waals surface area contributed by atoms with Crippen LogP contribution >= 0.6 is 11.8 Å². The SMILES string of the molecule is CC.CCCC[C@H](C)CCC(CC)CCC.CNC(=O)c1ccc(NCC#Cc2cc3c(N)cccn3c2SC(F)(F)F)c(OC)c1. The maximum Gasteiger partial charge on any atom is 0.447 e. The summed E-state index contributed by atoms with van der Waals surface area (Å²) in [5.41, 5.74) is 3.50. The number of alkyl halides is 3. The second kappa shape index (κ2) is 22.2. The number of thioether (sulfide) groups is 1. The number of hydrogen-bond donors (Lipinski definition) is 3. The number of halogens is 3. The number of anilines is 2. The molecule has 1 aromatic carbocycles. The van der Waals surface area contributed by atoms with Crippen molar-refractivity contribution in [3.63, 3.8) is 0 Å². The number of carbonyl (C=O) groups excluding carboxylic acids is 1. The number of rotatable bonds is 14. The molecule has 1 unspecified atom stereocenters. The number of benzene rings is 1. The highest BCUT2D eigenvalue weighted by atomic mass is 32.2. The van der Waals surface area contributed by atoms with Crippen molar-refractivity contribution >= 4 is 34.6 Å². The lowest BCUT2D eigenvalue weighted by molar-refractivity contribution is -0.0329. The molecule has 0 fully saturated rings. The van der Waals surface area contributed by atoms with E-state index < -0.39 is 5.51 Å². The van der Waals surface area contributed by atoms with Crippen LogP contribution in [0.4, 0.5) is 24.5 Å². The van der Waals surface area contributed by atoms with Crippen molar-refractivity contribution in [3.8, 4) is 17.6 Å². The van der Waals surface area contributed by atoms with Gasteiger partial charge in [0.2, 0.25) is 0 Å². The number of pyridine rings is 1. The Morgan fingerprint density at radius 3 is 2.38 bits per heavy atom. The molecule has 0 aliphatic carbocycles. The van der Waals surface area contributed by atoms with E-state index in [0.717, 1.165) is 11.8 Å². The van der Waals surface area contributed by atoms with E-state index in [1.165, 1.54) is 82.2 Å². The number of hydrogen-bond acceptors (Lipinski definition) is 5. The summed E-state index contributed by atoms with van der Waals surface area (Å²) in [7, 11) is 3.00. The lowest BCUT2D eigenvalue weighted by atomic mass is 9.90. The fourth-order valence-corrected chi connectivity index (χ4v) is 5.78. The molecule has 0 radical (unpaired) electrons. The third kappa shape index (κ3) is 14.5. The number of nitrogens with two attached hydrogens (primary N) is 1. The van der Waals surface area contributed by atoms with Crippen LogP contribution < -0.4 is 21.1 Å². The molecule has 2 heterocycles. The first-order chi connectivity index (χ1) is 22.5. The Balaban J connectivity index is 0.000000582. The van der Waals surface area contributed by atoms with E-state index in [0.29, 0.717) is 28.2 Å². The highest BCUT2D eigenvalue weighted by Gasteiger charge is 2.32. The van der Waals surface area contributed by atoms with Gasteiger partial charge in [0, 0.05) is 30.6 Å². The molecule has 0 spiro atoms. The molecule has 0 bridgehead atoms. The standard InChI is InChI=1S/C21H19F3N4O2S.C14H30.C2H6/c1-26-19(29)13-7-8-16(18(12-13)30-2)27-9-3-5-14-11-17-15(25)6-4-10-28(17)20(14)31-21(22,23)24;1-5-8-10-13(4)11-12-14(7-3)9-6-2;1-2/h4,6-8,10-12,27H,9,25H2,1-2H3,(H,26,29);13-14H,5-12H2,1-4H3;1-2H3/t;13-,14?;/m.0./s1. The van der Waals surface area contributed by atoms with Gasteiger partial charge in [-0.05, 0) is 48.2 Å². The van der Waals surface area contributed by atoms with Gasteiger partial charge in [0.15, 0.2) is 0 Å². The Morgan fingerprint density at radius 2 is 1.79 bits per heavy atom. The van der Waals surface area contributed by atoms with Gasteiger partial charge in [0.1, 0.15) is 10.8 Å². The van der Waals surface area contributed by atoms with Crippen LogP contribution in [-0.2, 0) is 0 Å². The van der Waals surface area contributed by atoms with Crippen molar-refractivity contribution in [1.29, 1.82) is 0 Å². The second-order valence-electron chi connectivity index (χ2n) is 11.2. The van der Waals surface area contributed by atoms with Crippen LogP contribution in [0.1, 0.15) is 109 Å². The quantitative estimate of drug-likeness (QED) is 0.117. The number of carbonyl (C=O) groups is 1. The molecule has 0 aliphatic heterocycles. The second-order valence-corrected chi connectivity index (χ2v) is 12.2. The third-order valence-corrected chi connectivity index (χ3v) is 8.52. The average Bonchev–Trinajstić information content (AvgIpc) is 3.41. The lowest BCUT2D eigenvalue weighted by Crippen LogP contribution is -2.17. The fraction of sp³-hybridized carbons (Fsp3) is 0.541. The van der Waals surface area contributed by atoms with Crippen molar-refractivity contribution in [2.24, 2.45) is 11.8 Å². The number of methoxy groups -OCH3 is 1. The molecule has 4 N–H and O–H groups in total. The molecule has 1 amide bonds. The van der Waals surface area contributed by atoms with E-state index >= 15 is 0 Å². The molecule has 3 aromatic rings. The van der Waals surface area contributed by atoms with Gasteiger partial charge < -0.3 is 25.5 Å². The van der Waals surface area contributed by atoms with Gasteiger partial charge in [0.25, 0.3) is 5.91 Å². The molecule has 262 valence electrons. The van der Waals surface area contributed by atoms with Crippen molar-refractivity contribution in [3.05, 3.63) is 53.7 Å². The molecule has 2 aromatic heterocycles. The molecule has 0 saturated carbocycles. The number of amides is 1. The molecular weight excluding hydrogens is 621 g/mol. The zero-order chi connectivity index (χ0) is 35.4. The van der Waals surface area contributed by atoms with E-state index in [1.54, 1.807) is 30.3 Å². The lowest BCUT2D eigenvalue weighted by Gasteiger charge is -2.16. The minimum atomic E-state index is -4.46. The molecule has 0 aliphatic rings. The van der Waals surface area contributed by atoms with Crippen LogP contribution in [-0.4, -0.2) is 36.5 Å². The maximum atomic E-state index is 13.1. The summed E-state index contributed by atoms with van der Waals surface area (Å²) < 4.78 is 45.8. The summed E-state index contributed by atoms with van der Waals surface area (Å²) in [4.78, 5) is 11.7. The van der Waals surface area contributed by atoms with Gasteiger partial charge in [-0.25, -0.2) is 0 Å². The van der Waals surface area contributed by atoms with Crippen LogP contribution in [0.3, 0.4) is 0 Å². The van der Waals surface area contributed by atoms with Gasteiger partial charge in [-0.2, -0.15) is 13.2 Å². The normalized spacial score (nSPS) is 12.0. The smallest absolute Gasteiger partial charge is 0.447 e. The topological polar surface area (TPSA) is 80.8 Å². The van der Waals surface area contributed by atoms with E-state index in [9.17, 15) is 18.0 Å². The van der Waals surface area contributed by atoms with Gasteiger partial charge in [0.05, 0.1) is 36.1 Å². The molecule has 47 heavy (non-hydrogen) atoms. The number of ether oxygens (including phenoxy) is 1. The van der Waals surface area contributed by atoms with E-state index in [1.807, 2.05) is 13.8 Å². The van der Waals surface area contributed by atoms with Crippen molar-refractivity contribution in [2.45, 2.75) is 103 Å². The van der Waals surface area contributed by atoms with Gasteiger partial charge >= 0.3 is 5.51 Å². The van der Waals surface area contributed by atoms with Gasteiger partial charge in [-0.15, -0.1) is 0 Å². The zero-order valence-electron chi connectivity index (χ0n) is 29.4. The number of fused-ring (bicyclic) bond motifs is 1. The Hall–Kier alpha value is -3.45. The van der Waals surface area contributed by atoms with Gasteiger partial charge in [-0.1, -0.05) is 105 Å². The molecule has 10 heteroatoms. The molecular formula is C37H55F3N4O2S. The minimum Gasteiger partial charge on any atom is -0.495 e. The molecule has 6 nitrogen and oxygen atoms in total. The average molecular weight is 677 g/mol. The van der Waals surface area contributed by atoms with Gasteiger partial charge in [-0.3, -0.25) is 4.79 Å². The highest BCUT2D eigenvalue weighted by Crippen LogP contribution is 2.40. The molecule has 2 atom stereocenters. The number of nitrogens with zero attached hydrogens (tertiary/aromatic N) is 1. The van der Waals surface area contributed by atoms with Crippen LogP contribution in [0.25, 0.3) is 5.52 Å². The third-order valence-electron chi connectivity index (χ3n) is 7.68. The van der Waals surface area contributed by atoms with Crippen molar-refractivity contribution < 1.29 is 22.7 Å². The predicted octanol–water partition coefficient (Wildman–Crippen LogP) is 10.4. The first-order valence-corrected chi connectivity index (χ1v) is 17.6. The summed E-state index contributed by atoms with van der Waals surface area (Å²) in [6, 6.07) is 9.61. The Morgan fingerprint density at radius 1 is 1.06 bits per heavy atom. The maximum absolute atomic E-state index is 13.1. The number of unbranched alkanes of at least 4 members (excludes halogenated alkanes) is 1. The van der Waals surface area contributed by atoms with E-state index in [4.69, 9.17) is 10.5 Å². The van der Waals surface area contributed by atoms with Crippen LogP contribution in [0.2, 0.25) is 0 Å². The zero-order valence-corrected chi connectivity index (χ0v) is 30.3. The number of aromatic nitrogens is 1. The summed E-state index contributed by atoms with van der Waals surface area (Å²) in [5, 5.41) is 5.52. The summed E-state index contributed by atoms with van der Waals surface area (Å²) >= 11 is -0.234. The summed E-state index contributed by atoms with van der Waals surface area (Å²) in [6.07, 6.45) is 12.9. The summed E-state index contributed by atoms with van der Waals surface area (Å²) in [5.74, 6) is 7.77. The Bertz CT molecular complexity index is 1410. The van der Waals surface area contributed by atoms with Crippen LogP contribution in [0.15, 0.2) is 47.6 Å². The van der Waals surface area contributed by atoms with Crippen molar-refractivity contribution in [1.82, 2.24) is 9.72 Å².